The Hall–Kier alpha value is -3.08. The Kier molecular flexibility index (Phi) is 4.38. The SMILES string of the molecule is Cn1ccnc1C(NC(=O)Nc1ccccc1)c1ccccc1. The van der Waals surface area contributed by atoms with Gasteiger partial charge in [0.2, 0.25) is 0 Å². The minimum absolute atomic E-state index is 0.270. The van der Waals surface area contributed by atoms with Crippen molar-refractivity contribution in [2.45, 2.75) is 6.04 Å². The van der Waals surface area contributed by atoms with Crippen LogP contribution in [0.1, 0.15) is 17.4 Å². The number of hydrogen-bond acceptors (Lipinski definition) is 2. The smallest absolute Gasteiger partial charge is 0.320 e. The Bertz CT molecular complexity index is 768. The molecule has 2 aromatic carbocycles. The number of para-hydroxylation sites is 1. The summed E-state index contributed by atoms with van der Waals surface area (Å²) < 4.78 is 1.90. The number of aryl methyl sites for hydroxylation is 1. The first-order chi connectivity index (χ1) is 11.2. The molecule has 1 unspecified atom stereocenters. The molecule has 3 rings (SSSR count). The van der Waals surface area contributed by atoms with E-state index in [4.69, 9.17) is 0 Å². The molecule has 0 aliphatic rings. The standard InChI is InChI=1S/C18H18N4O/c1-22-13-12-19-17(22)16(14-8-4-2-5-9-14)21-18(23)20-15-10-6-3-7-11-15/h2-13,16H,1H3,(H2,20,21,23). The van der Waals surface area contributed by atoms with Crippen molar-refractivity contribution < 1.29 is 4.79 Å². The highest BCUT2D eigenvalue weighted by molar-refractivity contribution is 5.89. The van der Waals surface area contributed by atoms with Gasteiger partial charge in [-0.05, 0) is 17.7 Å². The zero-order valence-electron chi connectivity index (χ0n) is 12.8. The van der Waals surface area contributed by atoms with Gasteiger partial charge in [0.25, 0.3) is 0 Å². The molecular formula is C18H18N4O. The van der Waals surface area contributed by atoms with Gasteiger partial charge in [0.05, 0.1) is 0 Å². The molecule has 5 nitrogen and oxygen atoms in total. The summed E-state index contributed by atoms with van der Waals surface area (Å²) in [6, 6.07) is 18.6. The lowest BCUT2D eigenvalue weighted by Crippen LogP contribution is -2.34. The van der Waals surface area contributed by atoms with Crippen molar-refractivity contribution in [3.8, 4) is 0 Å². The fraction of sp³-hybridized carbons (Fsp3) is 0.111. The van der Waals surface area contributed by atoms with E-state index in [1.807, 2.05) is 78.5 Å². The Labute approximate surface area is 135 Å². The van der Waals surface area contributed by atoms with E-state index < -0.39 is 0 Å². The van der Waals surface area contributed by atoms with Gasteiger partial charge in [0.1, 0.15) is 11.9 Å². The molecule has 1 atom stereocenters. The van der Waals surface area contributed by atoms with E-state index in [9.17, 15) is 4.79 Å². The van der Waals surface area contributed by atoms with E-state index in [-0.39, 0.29) is 12.1 Å². The molecule has 0 saturated carbocycles. The molecule has 3 aromatic rings. The number of imidazole rings is 1. The number of nitrogens with one attached hydrogen (secondary N) is 2. The number of amides is 2. The number of carbonyl (C=O) groups excluding carboxylic acids is 1. The zero-order valence-corrected chi connectivity index (χ0v) is 12.8. The number of rotatable bonds is 4. The van der Waals surface area contributed by atoms with Crippen molar-refractivity contribution in [1.29, 1.82) is 0 Å². The van der Waals surface area contributed by atoms with Crippen LogP contribution in [0.15, 0.2) is 73.1 Å². The summed E-state index contributed by atoms with van der Waals surface area (Å²) in [6.07, 6.45) is 3.59. The topological polar surface area (TPSA) is 59.0 Å². The van der Waals surface area contributed by atoms with Crippen LogP contribution in [0.2, 0.25) is 0 Å². The first-order valence-electron chi connectivity index (χ1n) is 7.39. The monoisotopic (exact) mass is 306 g/mol. The van der Waals surface area contributed by atoms with Crippen molar-refractivity contribution in [1.82, 2.24) is 14.9 Å². The largest absolute Gasteiger partial charge is 0.336 e. The minimum atomic E-state index is -0.320. The highest BCUT2D eigenvalue weighted by Gasteiger charge is 2.20. The maximum atomic E-state index is 12.3. The van der Waals surface area contributed by atoms with Gasteiger partial charge in [-0.1, -0.05) is 48.5 Å². The molecule has 0 bridgehead atoms. The predicted molar refractivity (Wildman–Crippen MR) is 90.1 cm³/mol. The molecule has 0 radical (unpaired) electrons. The number of hydrogen-bond donors (Lipinski definition) is 2. The van der Waals surface area contributed by atoms with Crippen LogP contribution in [0.25, 0.3) is 0 Å². The Balaban J connectivity index is 1.82. The van der Waals surface area contributed by atoms with Crippen LogP contribution in [0, 0.1) is 0 Å². The van der Waals surface area contributed by atoms with Crippen LogP contribution in [0.3, 0.4) is 0 Å². The third-order valence-electron chi connectivity index (χ3n) is 3.56. The number of nitrogens with zero attached hydrogens (tertiary/aromatic N) is 2. The van der Waals surface area contributed by atoms with E-state index in [1.165, 1.54) is 0 Å². The van der Waals surface area contributed by atoms with Crippen LogP contribution in [-0.4, -0.2) is 15.6 Å². The van der Waals surface area contributed by atoms with Crippen molar-refractivity contribution in [3.05, 3.63) is 84.4 Å². The Morgan fingerprint density at radius 3 is 2.30 bits per heavy atom. The van der Waals surface area contributed by atoms with E-state index in [2.05, 4.69) is 15.6 Å². The molecule has 0 spiro atoms. The third-order valence-corrected chi connectivity index (χ3v) is 3.56. The summed E-state index contributed by atoms with van der Waals surface area (Å²) in [5.74, 6) is 0.777. The molecule has 116 valence electrons. The van der Waals surface area contributed by atoms with Gasteiger partial charge >= 0.3 is 6.03 Å². The zero-order chi connectivity index (χ0) is 16.1. The van der Waals surface area contributed by atoms with Crippen LogP contribution in [0.5, 0.6) is 0 Å². The molecule has 5 heteroatoms. The quantitative estimate of drug-likeness (QED) is 0.776. The van der Waals surface area contributed by atoms with Crippen LogP contribution < -0.4 is 10.6 Å². The van der Waals surface area contributed by atoms with Crippen molar-refractivity contribution >= 4 is 11.7 Å². The summed E-state index contributed by atoms with van der Waals surface area (Å²) in [7, 11) is 1.91. The summed E-state index contributed by atoms with van der Waals surface area (Å²) in [4.78, 5) is 16.7. The van der Waals surface area contributed by atoms with E-state index in [0.29, 0.717) is 0 Å². The lowest BCUT2D eigenvalue weighted by atomic mass is 10.1. The normalized spacial score (nSPS) is 11.7. The summed E-state index contributed by atoms with van der Waals surface area (Å²) in [5.41, 5.74) is 1.72. The summed E-state index contributed by atoms with van der Waals surface area (Å²) in [5, 5.41) is 5.83. The second-order valence-corrected chi connectivity index (χ2v) is 5.20. The number of benzene rings is 2. The van der Waals surface area contributed by atoms with E-state index >= 15 is 0 Å². The van der Waals surface area contributed by atoms with Gasteiger partial charge in [-0.25, -0.2) is 9.78 Å². The van der Waals surface area contributed by atoms with Crippen LogP contribution in [0.4, 0.5) is 10.5 Å². The molecule has 1 heterocycles. The Morgan fingerprint density at radius 2 is 1.70 bits per heavy atom. The maximum absolute atomic E-state index is 12.3. The van der Waals surface area contributed by atoms with Gasteiger partial charge in [0.15, 0.2) is 0 Å². The van der Waals surface area contributed by atoms with Crippen molar-refractivity contribution in [2.24, 2.45) is 7.05 Å². The number of carbonyl (C=O) groups is 1. The molecular weight excluding hydrogens is 288 g/mol. The molecule has 23 heavy (non-hydrogen) atoms. The van der Waals surface area contributed by atoms with E-state index in [1.54, 1.807) is 6.20 Å². The highest BCUT2D eigenvalue weighted by Crippen LogP contribution is 2.20. The second-order valence-electron chi connectivity index (χ2n) is 5.20. The summed E-state index contributed by atoms with van der Waals surface area (Å²) in [6.45, 7) is 0. The molecule has 2 N–H and O–H groups in total. The molecule has 0 aliphatic carbocycles. The van der Waals surface area contributed by atoms with Gasteiger partial charge < -0.3 is 15.2 Å². The van der Waals surface area contributed by atoms with E-state index in [0.717, 1.165) is 17.1 Å². The fourth-order valence-corrected chi connectivity index (χ4v) is 2.42. The van der Waals surface area contributed by atoms with Gasteiger partial charge in [-0.15, -0.1) is 0 Å². The van der Waals surface area contributed by atoms with Crippen LogP contribution in [-0.2, 0) is 7.05 Å². The molecule has 1 aromatic heterocycles. The lowest BCUT2D eigenvalue weighted by molar-refractivity contribution is 0.249. The van der Waals surface area contributed by atoms with Gasteiger partial charge in [-0.3, -0.25) is 0 Å². The number of aromatic nitrogens is 2. The molecule has 0 fully saturated rings. The molecule has 2 amide bonds. The Morgan fingerprint density at radius 1 is 1.04 bits per heavy atom. The second kappa shape index (κ2) is 6.79. The van der Waals surface area contributed by atoms with Crippen LogP contribution >= 0.6 is 0 Å². The first kappa shape index (κ1) is 14.8. The fourth-order valence-electron chi connectivity index (χ4n) is 2.42. The third kappa shape index (κ3) is 3.58. The first-order valence-corrected chi connectivity index (χ1v) is 7.39. The average Bonchev–Trinajstić information content (AvgIpc) is 3.00. The summed E-state index contributed by atoms with van der Waals surface area (Å²) >= 11 is 0. The van der Waals surface area contributed by atoms with Gasteiger partial charge in [0, 0.05) is 25.1 Å². The van der Waals surface area contributed by atoms with Crippen molar-refractivity contribution in [3.63, 3.8) is 0 Å². The molecule has 0 saturated heterocycles. The molecule has 0 aliphatic heterocycles. The lowest BCUT2D eigenvalue weighted by Gasteiger charge is -2.19. The average molecular weight is 306 g/mol. The predicted octanol–water partition coefficient (Wildman–Crippen LogP) is 3.33. The number of anilines is 1. The number of urea groups is 1. The van der Waals surface area contributed by atoms with Crippen molar-refractivity contribution in [2.75, 3.05) is 5.32 Å². The highest BCUT2D eigenvalue weighted by atomic mass is 16.2. The maximum Gasteiger partial charge on any atom is 0.320 e. The van der Waals surface area contributed by atoms with Gasteiger partial charge in [-0.2, -0.15) is 0 Å². The minimum Gasteiger partial charge on any atom is -0.336 e.